The molecule has 152 valence electrons. The van der Waals surface area contributed by atoms with Gasteiger partial charge in [0.25, 0.3) is 11.8 Å². The van der Waals surface area contributed by atoms with Gasteiger partial charge in [0.05, 0.1) is 21.3 Å². The summed E-state index contributed by atoms with van der Waals surface area (Å²) in [5.74, 6) is -0.928. The molecule has 1 aromatic heterocycles. The highest BCUT2D eigenvalue weighted by molar-refractivity contribution is 7.22. The van der Waals surface area contributed by atoms with Crippen molar-refractivity contribution in [2.24, 2.45) is 0 Å². The number of carbonyl (C=O) groups is 3. The van der Waals surface area contributed by atoms with Crippen molar-refractivity contribution in [1.29, 1.82) is 0 Å². The summed E-state index contributed by atoms with van der Waals surface area (Å²) in [4.78, 5) is 45.3. The molecule has 8 heteroatoms. The van der Waals surface area contributed by atoms with Gasteiger partial charge in [-0.05, 0) is 43.2 Å². The third-order valence-electron chi connectivity index (χ3n) is 5.48. The first kappa shape index (κ1) is 18.7. The van der Waals surface area contributed by atoms with Crippen molar-refractivity contribution >= 4 is 50.1 Å². The lowest BCUT2D eigenvalue weighted by molar-refractivity contribution is -0.116. The quantitative estimate of drug-likeness (QED) is 0.639. The first-order valence-corrected chi connectivity index (χ1v) is 10.8. The molecular weight excluding hydrogens is 400 g/mol. The number of thiazole rings is 1. The van der Waals surface area contributed by atoms with Crippen LogP contribution in [0.1, 0.15) is 40.0 Å². The van der Waals surface area contributed by atoms with E-state index >= 15 is 0 Å². The maximum Gasteiger partial charge on any atom is 0.261 e. The fourth-order valence-corrected chi connectivity index (χ4v) is 4.97. The zero-order valence-electron chi connectivity index (χ0n) is 16.3. The molecule has 3 amide bonds. The number of fused-ring (bicyclic) bond motifs is 2. The van der Waals surface area contributed by atoms with Crippen molar-refractivity contribution in [2.45, 2.75) is 19.3 Å². The number of benzene rings is 2. The van der Waals surface area contributed by atoms with Gasteiger partial charge in [-0.1, -0.05) is 23.5 Å². The first-order valence-electron chi connectivity index (χ1n) is 10.0. The van der Waals surface area contributed by atoms with Crippen molar-refractivity contribution in [3.05, 3.63) is 53.6 Å². The number of imide groups is 1. The van der Waals surface area contributed by atoms with Crippen molar-refractivity contribution in [2.75, 3.05) is 29.9 Å². The molecular formula is C22H20N4O3S. The van der Waals surface area contributed by atoms with E-state index in [1.165, 1.54) is 12.8 Å². The van der Waals surface area contributed by atoms with Gasteiger partial charge in [0, 0.05) is 31.7 Å². The van der Waals surface area contributed by atoms with Gasteiger partial charge in [-0.15, -0.1) is 0 Å². The Morgan fingerprint density at radius 3 is 2.43 bits per heavy atom. The van der Waals surface area contributed by atoms with E-state index in [1.807, 2.05) is 18.2 Å². The van der Waals surface area contributed by atoms with E-state index in [4.69, 9.17) is 4.98 Å². The van der Waals surface area contributed by atoms with Crippen molar-refractivity contribution in [1.82, 2.24) is 9.88 Å². The predicted octanol–water partition coefficient (Wildman–Crippen LogP) is 3.52. The van der Waals surface area contributed by atoms with Gasteiger partial charge in [-0.2, -0.15) is 0 Å². The maximum absolute atomic E-state index is 12.4. The topological polar surface area (TPSA) is 82.6 Å². The van der Waals surface area contributed by atoms with E-state index in [9.17, 15) is 14.4 Å². The Hall–Kier alpha value is -3.26. The van der Waals surface area contributed by atoms with Crippen LogP contribution in [0.2, 0.25) is 0 Å². The van der Waals surface area contributed by atoms with Crippen molar-refractivity contribution in [3.63, 3.8) is 0 Å². The average Bonchev–Trinajstić information content (AvgIpc) is 3.47. The zero-order valence-corrected chi connectivity index (χ0v) is 17.1. The SMILES string of the molecule is O=C(CCN1C(=O)c2ccccc2C1=O)Nc1ccc2nc(N3CCCC3)sc2c1. The number of carbonyl (C=O) groups excluding carboxylic acids is 3. The molecule has 2 aromatic carbocycles. The normalized spacial score (nSPS) is 15.9. The number of nitrogens with one attached hydrogen (secondary N) is 1. The van der Waals surface area contributed by atoms with E-state index in [-0.39, 0.29) is 30.7 Å². The highest BCUT2D eigenvalue weighted by Gasteiger charge is 2.34. The highest BCUT2D eigenvalue weighted by Crippen LogP contribution is 2.32. The van der Waals surface area contributed by atoms with Gasteiger partial charge in [0.2, 0.25) is 5.91 Å². The molecule has 3 aromatic rings. The second-order valence-electron chi connectivity index (χ2n) is 7.48. The molecule has 0 saturated carbocycles. The minimum Gasteiger partial charge on any atom is -0.348 e. The van der Waals surface area contributed by atoms with Gasteiger partial charge in [-0.25, -0.2) is 4.98 Å². The molecule has 3 heterocycles. The molecule has 7 nitrogen and oxygen atoms in total. The highest BCUT2D eigenvalue weighted by atomic mass is 32.1. The lowest BCUT2D eigenvalue weighted by Gasteiger charge is -2.13. The third-order valence-corrected chi connectivity index (χ3v) is 6.56. The first-order chi connectivity index (χ1) is 14.6. The molecule has 0 spiro atoms. The second kappa shape index (κ2) is 7.53. The van der Waals surface area contributed by atoms with Gasteiger partial charge in [0.1, 0.15) is 0 Å². The standard InChI is InChI=1S/C22H20N4O3S/c27-19(9-12-26-20(28)15-5-1-2-6-16(15)21(26)29)23-14-7-8-17-18(13-14)30-22(24-17)25-10-3-4-11-25/h1-2,5-8,13H,3-4,9-12H2,(H,23,27). The number of hydrogen-bond donors (Lipinski definition) is 1. The molecule has 1 fully saturated rings. The van der Waals surface area contributed by atoms with Crippen LogP contribution in [0, 0.1) is 0 Å². The van der Waals surface area contributed by atoms with Crippen LogP contribution < -0.4 is 10.2 Å². The van der Waals surface area contributed by atoms with Gasteiger partial charge >= 0.3 is 0 Å². The number of rotatable bonds is 5. The predicted molar refractivity (Wildman–Crippen MR) is 116 cm³/mol. The molecule has 1 saturated heterocycles. The molecule has 5 rings (SSSR count). The zero-order chi connectivity index (χ0) is 20.7. The van der Waals surface area contributed by atoms with Gasteiger partial charge in [-0.3, -0.25) is 19.3 Å². The van der Waals surface area contributed by atoms with Crippen LogP contribution in [0.15, 0.2) is 42.5 Å². The largest absolute Gasteiger partial charge is 0.348 e. The van der Waals surface area contributed by atoms with E-state index in [0.29, 0.717) is 16.8 Å². The van der Waals surface area contributed by atoms with Gasteiger partial charge < -0.3 is 10.2 Å². The third kappa shape index (κ3) is 3.33. The van der Waals surface area contributed by atoms with Crippen LogP contribution in [0.25, 0.3) is 10.2 Å². The lowest BCUT2D eigenvalue weighted by atomic mass is 10.1. The Labute approximate surface area is 177 Å². The molecule has 0 unspecified atom stereocenters. The van der Waals surface area contributed by atoms with E-state index in [2.05, 4.69) is 10.2 Å². The van der Waals surface area contributed by atoms with Crippen LogP contribution in [0.4, 0.5) is 10.8 Å². The summed E-state index contributed by atoms with van der Waals surface area (Å²) >= 11 is 1.63. The molecule has 0 bridgehead atoms. The lowest BCUT2D eigenvalue weighted by Crippen LogP contribution is -2.32. The number of aromatic nitrogens is 1. The molecule has 0 aliphatic carbocycles. The van der Waals surface area contributed by atoms with Gasteiger partial charge in [0.15, 0.2) is 5.13 Å². The summed E-state index contributed by atoms with van der Waals surface area (Å²) < 4.78 is 1.02. The number of nitrogens with zero attached hydrogens (tertiary/aromatic N) is 3. The monoisotopic (exact) mass is 420 g/mol. The van der Waals surface area contributed by atoms with Crippen LogP contribution in [0.3, 0.4) is 0 Å². The molecule has 0 atom stereocenters. The Morgan fingerprint density at radius 1 is 1.03 bits per heavy atom. The minimum absolute atomic E-state index is 0.0468. The number of anilines is 2. The van der Waals surface area contributed by atoms with Crippen LogP contribution in [-0.2, 0) is 4.79 Å². The van der Waals surface area contributed by atoms with E-state index in [0.717, 1.165) is 33.3 Å². The molecule has 2 aliphatic heterocycles. The Morgan fingerprint density at radius 2 is 1.73 bits per heavy atom. The Bertz CT molecular complexity index is 1130. The smallest absolute Gasteiger partial charge is 0.261 e. The Kier molecular flexibility index (Phi) is 4.71. The second-order valence-corrected chi connectivity index (χ2v) is 8.49. The summed E-state index contributed by atoms with van der Waals surface area (Å²) in [6.45, 7) is 2.14. The average molecular weight is 420 g/mol. The molecule has 0 radical (unpaired) electrons. The van der Waals surface area contributed by atoms with Crippen molar-refractivity contribution < 1.29 is 14.4 Å². The van der Waals surface area contributed by atoms with Crippen LogP contribution >= 0.6 is 11.3 Å². The van der Waals surface area contributed by atoms with Crippen LogP contribution in [-0.4, -0.2) is 47.2 Å². The Balaban J connectivity index is 1.23. The molecule has 2 aliphatic rings. The summed E-state index contributed by atoms with van der Waals surface area (Å²) in [5.41, 5.74) is 2.40. The minimum atomic E-state index is -0.344. The number of hydrogen-bond acceptors (Lipinski definition) is 6. The summed E-state index contributed by atoms with van der Waals surface area (Å²) in [6.07, 6.45) is 2.44. The number of amides is 3. The summed E-state index contributed by atoms with van der Waals surface area (Å²) in [7, 11) is 0. The van der Waals surface area contributed by atoms with Crippen LogP contribution in [0.5, 0.6) is 0 Å². The van der Waals surface area contributed by atoms with E-state index < -0.39 is 0 Å². The maximum atomic E-state index is 12.4. The fraction of sp³-hybridized carbons (Fsp3) is 0.273. The fourth-order valence-electron chi connectivity index (χ4n) is 3.91. The molecule has 30 heavy (non-hydrogen) atoms. The van der Waals surface area contributed by atoms with E-state index in [1.54, 1.807) is 35.6 Å². The van der Waals surface area contributed by atoms with Crippen molar-refractivity contribution in [3.8, 4) is 0 Å². The molecule has 1 N–H and O–H groups in total. The summed E-state index contributed by atoms with van der Waals surface area (Å²) in [6, 6.07) is 12.4. The summed E-state index contributed by atoms with van der Waals surface area (Å²) in [5, 5.41) is 3.89.